The molecule has 0 saturated carbocycles. The highest BCUT2D eigenvalue weighted by molar-refractivity contribution is 5.96. The molecule has 5 N–H and O–H groups in total. The normalized spacial score (nSPS) is 25.8. The van der Waals surface area contributed by atoms with Crippen molar-refractivity contribution >= 4 is 47.0 Å². The first-order chi connectivity index (χ1) is 31.8. The van der Waals surface area contributed by atoms with E-state index in [0.29, 0.717) is 83.7 Å². The van der Waals surface area contributed by atoms with Crippen LogP contribution in [-0.4, -0.2) is 120 Å². The number of rotatable bonds is 11. The zero-order chi connectivity index (χ0) is 47.6. The van der Waals surface area contributed by atoms with Gasteiger partial charge in [-0.25, -0.2) is 0 Å². The van der Waals surface area contributed by atoms with Gasteiger partial charge < -0.3 is 36.4 Å². The molecule has 3 aliphatic rings. The Bertz CT molecular complexity index is 1820. The van der Waals surface area contributed by atoms with Gasteiger partial charge in [0.15, 0.2) is 5.78 Å². The van der Waals surface area contributed by atoms with Crippen LogP contribution < -0.4 is 26.6 Å². The van der Waals surface area contributed by atoms with Gasteiger partial charge in [-0.2, -0.15) is 0 Å². The number of fused-ring (bicyclic) bond motifs is 2. The van der Waals surface area contributed by atoms with Crippen LogP contribution in [0.15, 0.2) is 60.7 Å². The number of ketones is 2. The Morgan fingerprint density at radius 3 is 1.86 bits per heavy atom. The van der Waals surface area contributed by atoms with E-state index in [2.05, 4.69) is 26.6 Å². The zero-order valence-corrected chi connectivity index (χ0v) is 39.5. The van der Waals surface area contributed by atoms with E-state index in [0.717, 1.165) is 11.1 Å². The highest BCUT2D eigenvalue weighted by Crippen LogP contribution is 2.28. The van der Waals surface area contributed by atoms with Crippen molar-refractivity contribution in [1.29, 1.82) is 0 Å². The number of carbonyl (C=O) groups excluding carboxylic acids is 8. The maximum absolute atomic E-state index is 14.4. The van der Waals surface area contributed by atoms with Gasteiger partial charge in [-0.1, -0.05) is 80.9 Å². The Morgan fingerprint density at radius 1 is 0.667 bits per heavy atom. The molecular formula is C51H73N7O8. The molecule has 0 spiro atoms. The van der Waals surface area contributed by atoms with Gasteiger partial charge in [0.2, 0.25) is 35.4 Å². The zero-order valence-electron chi connectivity index (χ0n) is 39.5. The molecule has 15 heteroatoms. The smallest absolute Gasteiger partial charge is 0.245 e. The van der Waals surface area contributed by atoms with E-state index >= 15 is 0 Å². The predicted octanol–water partition coefficient (Wildman–Crippen LogP) is 3.81. The molecule has 2 unspecified atom stereocenters. The number of nitrogens with one attached hydrogen (secondary N) is 5. The number of hydrogen-bond donors (Lipinski definition) is 5. The van der Waals surface area contributed by atoms with Gasteiger partial charge in [0.05, 0.1) is 12.1 Å². The third kappa shape index (κ3) is 14.8. The summed E-state index contributed by atoms with van der Waals surface area (Å²) in [5, 5.41) is 14.9. The first-order valence-corrected chi connectivity index (χ1v) is 24.4. The van der Waals surface area contributed by atoms with Crippen LogP contribution in [0.25, 0.3) is 0 Å². The maximum atomic E-state index is 14.4. The molecule has 3 aliphatic heterocycles. The molecule has 0 radical (unpaired) electrons. The molecule has 6 amide bonds. The number of benzene rings is 2. The first kappa shape index (κ1) is 51.5. The molecule has 2 aromatic rings. The van der Waals surface area contributed by atoms with Gasteiger partial charge in [-0.3, -0.25) is 38.4 Å². The summed E-state index contributed by atoms with van der Waals surface area (Å²) < 4.78 is 0. The maximum Gasteiger partial charge on any atom is 0.245 e. The SMILES string of the molecule is CCC(C)C(=O)N[C@H]1CCCCNC(=O)[C@H](Cc2ccccc2)CC(=O)C2CCCN2C(=O)[C@@H](CC(=O)[C@H](C)NC)CCCCNC(=O)[C@H](Cc2ccccc2)NC(=O)[C@@H]2CCCN2C1=O. The predicted molar refractivity (Wildman–Crippen MR) is 252 cm³/mol. The van der Waals surface area contributed by atoms with Crippen LogP contribution in [0.5, 0.6) is 0 Å². The van der Waals surface area contributed by atoms with Gasteiger partial charge in [0.1, 0.15) is 23.9 Å². The molecule has 5 rings (SSSR count). The lowest BCUT2D eigenvalue weighted by Gasteiger charge is -2.30. The third-order valence-electron chi connectivity index (χ3n) is 13.7. The molecule has 3 saturated heterocycles. The highest BCUT2D eigenvalue weighted by Gasteiger charge is 2.41. The minimum atomic E-state index is -0.945. The van der Waals surface area contributed by atoms with Gasteiger partial charge in [0, 0.05) is 63.2 Å². The summed E-state index contributed by atoms with van der Waals surface area (Å²) in [5.74, 6) is -3.99. The average Bonchev–Trinajstić information content (AvgIpc) is 4.03. The summed E-state index contributed by atoms with van der Waals surface area (Å²) in [4.78, 5) is 115. The molecule has 0 bridgehead atoms. The number of amides is 6. The van der Waals surface area contributed by atoms with E-state index in [1.807, 2.05) is 67.6 Å². The molecule has 2 aromatic carbocycles. The highest BCUT2D eigenvalue weighted by atomic mass is 16.2. The van der Waals surface area contributed by atoms with Crippen molar-refractivity contribution in [3.63, 3.8) is 0 Å². The molecular weight excluding hydrogens is 839 g/mol. The summed E-state index contributed by atoms with van der Waals surface area (Å²) in [6.45, 7) is 6.67. The number of likely N-dealkylation sites (N-methyl/N-ethyl adjacent to an activating group) is 1. The first-order valence-electron chi connectivity index (χ1n) is 24.4. The van der Waals surface area contributed by atoms with Gasteiger partial charge in [-0.05, 0) is 95.7 Å². The lowest BCUT2D eigenvalue weighted by Crippen LogP contribution is -2.57. The van der Waals surface area contributed by atoms with Crippen molar-refractivity contribution in [2.45, 2.75) is 147 Å². The van der Waals surface area contributed by atoms with Gasteiger partial charge in [-0.15, -0.1) is 0 Å². The van der Waals surface area contributed by atoms with E-state index in [-0.39, 0.29) is 85.8 Å². The van der Waals surface area contributed by atoms with E-state index in [1.165, 1.54) is 4.90 Å². The number of Topliss-reactive ketones (excluding diaryl/α,β-unsaturated/α-hetero) is 2. The summed E-state index contributed by atoms with van der Waals surface area (Å²) >= 11 is 0. The number of hydrogen-bond acceptors (Lipinski definition) is 9. The van der Waals surface area contributed by atoms with Crippen molar-refractivity contribution in [1.82, 2.24) is 36.4 Å². The van der Waals surface area contributed by atoms with E-state index in [1.54, 1.807) is 25.8 Å². The van der Waals surface area contributed by atoms with Crippen LogP contribution in [0.1, 0.15) is 115 Å². The Hall–Kier alpha value is -5.44. The van der Waals surface area contributed by atoms with Crippen molar-refractivity contribution < 1.29 is 38.4 Å². The van der Waals surface area contributed by atoms with E-state index < -0.39 is 48.0 Å². The van der Waals surface area contributed by atoms with Crippen LogP contribution in [0, 0.1) is 17.8 Å². The Morgan fingerprint density at radius 2 is 1.24 bits per heavy atom. The fourth-order valence-corrected chi connectivity index (χ4v) is 9.30. The molecule has 0 aliphatic carbocycles. The van der Waals surface area contributed by atoms with E-state index in [4.69, 9.17) is 0 Å². The number of carbonyl (C=O) groups is 8. The van der Waals surface area contributed by atoms with E-state index in [9.17, 15) is 38.4 Å². The fourth-order valence-electron chi connectivity index (χ4n) is 9.30. The van der Waals surface area contributed by atoms with Crippen LogP contribution >= 0.6 is 0 Å². The molecule has 3 fully saturated rings. The fraction of sp³-hybridized carbons (Fsp3) is 0.608. The summed E-state index contributed by atoms with van der Waals surface area (Å²) in [6.07, 6.45) is 5.71. The van der Waals surface area contributed by atoms with Crippen LogP contribution in [-0.2, 0) is 51.2 Å². The second-order valence-electron chi connectivity index (χ2n) is 18.5. The minimum Gasteiger partial charge on any atom is -0.356 e. The molecule has 15 nitrogen and oxygen atoms in total. The van der Waals surface area contributed by atoms with Crippen LogP contribution in [0.2, 0.25) is 0 Å². The van der Waals surface area contributed by atoms with Crippen molar-refractivity contribution in [3.05, 3.63) is 71.8 Å². The minimum absolute atomic E-state index is 0.000491. The average molecular weight is 912 g/mol. The van der Waals surface area contributed by atoms with Crippen LogP contribution in [0.4, 0.5) is 0 Å². The molecule has 360 valence electrons. The second-order valence-corrected chi connectivity index (χ2v) is 18.5. The van der Waals surface area contributed by atoms with Crippen molar-refractivity contribution in [2.75, 3.05) is 33.2 Å². The Labute approximate surface area is 390 Å². The van der Waals surface area contributed by atoms with Crippen LogP contribution in [0.3, 0.4) is 0 Å². The Kier molecular flexibility index (Phi) is 20.3. The number of nitrogens with zero attached hydrogens (tertiary/aromatic N) is 2. The summed E-state index contributed by atoms with van der Waals surface area (Å²) in [7, 11) is 1.69. The second kappa shape index (κ2) is 26.0. The quantitative estimate of drug-likeness (QED) is 0.222. The largest absolute Gasteiger partial charge is 0.356 e. The molecule has 3 heterocycles. The molecule has 8 atom stereocenters. The van der Waals surface area contributed by atoms with Gasteiger partial charge >= 0.3 is 0 Å². The standard InChI is InChI=1S/C51H73N7O8/c1-5-34(2)46(61)55-40-23-13-15-26-53-47(62)39(30-36-18-8-6-9-19-36)33-45(60)42-24-16-28-57(42)50(65)38(32-44(59)35(3)52-4)22-12-14-27-54-48(63)41(31-37-20-10-7-11-21-37)56-49(64)43-25-17-29-58(43)51(40)66/h6-11,18-21,34-35,38-43,52H,5,12-17,22-33H2,1-4H3,(H,53,62)(H,54,63)(H,55,61)(H,56,64)/t34?,35-,38+,39+,40-,41-,42?,43-/m0/s1. The summed E-state index contributed by atoms with van der Waals surface area (Å²) in [6, 6.07) is 15.0. The van der Waals surface area contributed by atoms with Crippen molar-refractivity contribution in [2.24, 2.45) is 17.8 Å². The third-order valence-corrected chi connectivity index (χ3v) is 13.7. The lowest BCUT2D eigenvalue weighted by molar-refractivity contribution is -0.143. The monoisotopic (exact) mass is 912 g/mol. The van der Waals surface area contributed by atoms with Gasteiger partial charge in [0.25, 0.3) is 0 Å². The Balaban J connectivity index is 1.41. The molecule has 66 heavy (non-hydrogen) atoms. The summed E-state index contributed by atoms with van der Waals surface area (Å²) in [5.41, 5.74) is 1.74. The molecule has 0 aromatic heterocycles. The lowest BCUT2D eigenvalue weighted by atomic mass is 9.89. The topological polar surface area (TPSA) is 203 Å². The van der Waals surface area contributed by atoms with Crippen molar-refractivity contribution in [3.8, 4) is 0 Å².